The number of aliphatic hydroxyl groups is 1. The standard InChI is InChI=1S/C20H28N2O3/c23-18(13-20(25)10-3-4-11-20)21-14-15-6-5-9-17(12-15)22-19(24)16-7-1-2-8-16/h5-6,9,12,16,25H,1-4,7-8,10-11,13-14H2,(H,21,23)(H,22,24). The molecule has 3 rings (SSSR count). The van der Waals surface area contributed by atoms with Crippen molar-refractivity contribution in [1.29, 1.82) is 0 Å². The highest BCUT2D eigenvalue weighted by atomic mass is 16.3. The molecular weight excluding hydrogens is 316 g/mol. The summed E-state index contributed by atoms with van der Waals surface area (Å²) >= 11 is 0. The quantitative estimate of drug-likeness (QED) is 0.742. The number of hydrogen-bond donors (Lipinski definition) is 3. The molecule has 2 fully saturated rings. The Labute approximate surface area is 149 Å². The predicted molar refractivity (Wildman–Crippen MR) is 96.9 cm³/mol. The van der Waals surface area contributed by atoms with E-state index < -0.39 is 5.60 Å². The zero-order chi connectivity index (χ0) is 17.7. The molecule has 0 atom stereocenters. The Morgan fingerprint density at radius 3 is 2.56 bits per heavy atom. The molecule has 2 aliphatic rings. The molecule has 0 spiro atoms. The molecule has 0 radical (unpaired) electrons. The number of carbonyl (C=O) groups excluding carboxylic acids is 2. The summed E-state index contributed by atoms with van der Waals surface area (Å²) in [4.78, 5) is 24.3. The number of carbonyl (C=O) groups is 2. The highest BCUT2D eigenvalue weighted by Gasteiger charge is 2.33. The highest BCUT2D eigenvalue weighted by molar-refractivity contribution is 5.92. The van der Waals surface area contributed by atoms with Gasteiger partial charge in [-0.2, -0.15) is 0 Å². The van der Waals surface area contributed by atoms with Gasteiger partial charge in [-0.15, -0.1) is 0 Å². The fraction of sp³-hybridized carbons (Fsp3) is 0.600. The Morgan fingerprint density at radius 1 is 1.12 bits per heavy atom. The van der Waals surface area contributed by atoms with Crippen LogP contribution in [0.25, 0.3) is 0 Å². The Kier molecular flexibility index (Phi) is 5.74. The highest BCUT2D eigenvalue weighted by Crippen LogP contribution is 2.32. The molecule has 2 aliphatic carbocycles. The third kappa shape index (κ3) is 5.05. The van der Waals surface area contributed by atoms with Crippen LogP contribution in [-0.4, -0.2) is 22.5 Å². The predicted octanol–water partition coefficient (Wildman–Crippen LogP) is 3.13. The van der Waals surface area contributed by atoms with E-state index in [1.54, 1.807) is 0 Å². The average molecular weight is 344 g/mol. The third-order valence-electron chi connectivity index (χ3n) is 5.43. The number of rotatable bonds is 6. The number of nitrogens with one attached hydrogen (secondary N) is 2. The molecule has 3 N–H and O–H groups in total. The van der Waals surface area contributed by atoms with Crippen molar-refractivity contribution in [2.45, 2.75) is 69.9 Å². The minimum Gasteiger partial charge on any atom is -0.389 e. The first-order valence-electron chi connectivity index (χ1n) is 9.43. The molecule has 2 amide bonds. The van der Waals surface area contributed by atoms with Crippen LogP contribution in [0.4, 0.5) is 5.69 Å². The van der Waals surface area contributed by atoms with Crippen molar-refractivity contribution in [3.05, 3.63) is 29.8 Å². The van der Waals surface area contributed by atoms with Gasteiger partial charge < -0.3 is 15.7 Å². The molecule has 5 heteroatoms. The molecule has 0 saturated heterocycles. The molecular formula is C20H28N2O3. The van der Waals surface area contributed by atoms with E-state index in [1.807, 2.05) is 24.3 Å². The summed E-state index contributed by atoms with van der Waals surface area (Å²) in [5.74, 6) is 0.113. The van der Waals surface area contributed by atoms with Crippen LogP contribution in [0, 0.1) is 5.92 Å². The van der Waals surface area contributed by atoms with E-state index >= 15 is 0 Å². The van der Waals surface area contributed by atoms with Gasteiger partial charge in [0, 0.05) is 18.2 Å². The van der Waals surface area contributed by atoms with Crippen molar-refractivity contribution in [3.8, 4) is 0 Å². The molecule has 0 heterocycles. The van der Waals surface area contributed by atoms with Gasteiger partial charge in [-0.05, 0) is 43.4 Å². The second kappa shape index (κ2) is 8.00. The smallest absolute Gasteiger partial charge is 0.227 e. The largest absolute Gasteiger partial charge is 0.389 e. The number of hydrogen-bond acceptors (Lipinski definition) is 3. The first-order valence-corrected chi connectivity index (χ1v) is 9.43. The molecule has 1 aromatic carbocycles. The van der Waals surface area contributed by atoms with Gasteiger partial charge in [0.05, 0.1) is 12.0 Å². The lowest BCUT2D eigenvalue weighted by molar-refractivity contribution is -0.126. The first kappa shape index (κ1) is 17.9. The van der Waals surface area contributed by atoms with Crippen molar-refractivity contribution < 1.29 is 14.7 Å². The van der Waals surface area contributed by atoms with Crippen molar-refractivity contribution >= 4 is 17.5 Å². The molecule has 5 nitrogen and oxygen atoms in total. The summed E-state index contributed by atoms with van der Waals surface area (Å²) < 4.78 is 0. The van der Waals surface area contributed by atoms with Crippen LogP contribution in [0.5, 0.6) is 0 Å². The molecule has 0 unspecified atom stereocenters. The lowest BCUT2D eigenvalue weighted by Crippen LogP contribution is -2.34. The number of anilines is 1. The van der Waals surface area contributed by atoms with Crippen LogP contribution in [0.15, 0.2) is 24.3 Å². The van der Waals surface area contributed by atoms with Gasteiger partial charge >= 0.3 is 0 Å². The van der Waals surface area contributed by atoms with Crippen molar-refractivity contribution in [3.63, 3.8) is 0 Å². The summed E-state index contributed by atoms with van der Waals surface area (Å²) in [6.07, 6.45) is 7.80. The topological polar surface area (TPSA) is 78.4 Å². The summed E-state index contributed by atoms with van der Waals surface area (Å²) in [6, 6.07) is 7.59. The lowest BCUT2D eigenvalue weighted by atomic mass is 9.97. The van der Waals surface area contributed by atoms with Crippen LogP contribution < -0.4 is 10.6 Å². The van der Waals surface area contributed by atoms with Gasteiger partial charge in [0.25, 0.3) is 0 Å². The Balaban J connectivity index is 1.49. The maximum absolute atomic E-state index is 12.2. The van der Waals surface area contributed by atoms with E-state index in [9.17, 15) is 14.7 Å². The van der Waals surface area contributed by atoms with Gasteiger partial charge in [0.1, 0.15) is 0 Å². The van der Waals surface area contributed by atoms with Crippen molar-refractivity contribution in [2.75, 3.05) is 5.32 Å². The van der Waals surface area contributed by atoms with Gasteiger partial charge in [-0.1, -0.05) is 37.8 Å². The van der Waals surface area contributed by atoms with E-state index in [1.165, 1.54) is 0 Å². The SMILES string of the molecule is O=C(CC1(O)CCCC1)NCc1cccc(NC(=O)C2CCCC2)c1. The number of benzene rings is 1. The van der Waals surface area contributed by atoms with E-state index in [0.29, 0.717) is 19.4 Å². The Hall–Kier alpha value is -1.88. The maximum Gasteiger partial charge on any atom is 0.227 e. The molecule has 0 bridgehead atoms. The van der Waals surface area contributed by atoms with Crippen LogP contribution in [0.1, 0.15) is 63.4 Å². The van der Waals surface area contributed by atoms with Gasteiger partial charge in [-0.3, -0.25) is 9.59 Å². The summed E-state index contributed by atoms with van der Waals surface area (Å²) in [7, 11) is 0. The van der Waals surface area contributed by atoms with E-state index in [4.69, 9.17) is 0 Å². The normalized spacial score (nSPS) is 19.7. The summed E-state index contributed by atoms with van der Waals surface area (Å²) in [5.41, 5.74) is 0.898. The second-order valence-corrected chi connectivity index (χ2v) is 7.56. The average Bonchev–Trinajstić information content (AvgIpc) is 3.25. The fourth-order valence-electron chi connectivity index (χ4n) is 3.96. The number of amides is 2. The Bertz CT molecular complexity index is 617. The lowest BCUT2D eigenvalue weighted by Gasteiger charge is -2.21. The van der Waals surface area contributed by atoms with E-state index in [-0.39, 0.29) is 24.2 Å². The summed E-state index contributed by atoms with van der Waals surface area (Å²) in [5, 5.41) is 16.2. The van der Waals surface area contributed by atoms with Gasteiger partial charge in [0.15, 0.2) is 0 Å². The van der Waals surface area contributed by atoms with Crippen molar-refractivity contribution in [1.82, 2.24) is 5.32 Å². The van der Waals surface area contributed by atoms with Crippen LogP contribution >= 0.6 is 0 Å². The molecule has 0 aromatic heterocycles. The van der Waals surface area contributed by atoms with Crippen molar-refractivity contribution in [2.24, 2.45) is 5.92 Å². The third-order valence-corrected chi connectivity index (χ3v) is 5.43. The monoisotopic (exact) mass is 344 g/mol. The minimum atomic E-state index is -0.818. The zero-order valence-electron chi connectivity index (χ0n) is 14.7. The fourth-order valence-corrected chi connectivity index (χ4v) is 3.96. The van der Waals surface area contributed by atoms with Crippen LogP contribution in [0.3, 0.4) is 0 Å². The van der Waals surface area contributed by atoms with Gasteiger partial charge in [0.2, 0.25) is 11.8 Å². The van der Waals surface area contributed by atoms with Crippen LogP contribution in [0.2, 0.25) is 0 Å². The van der Waals surface area contributed by atoms with E-state index in [2.05, 4.69) is 10.6 Å². The summed E-state index contributed by atoms with van der Waals surface area (Å²) in [6.45, 7) is 0.405. The zero-order valence-corrected chi connectivity index (χ0v) is 14.7. The van der Waals surface area contributed by atoms with E-state index in [0.717, 1.165) is 49.8 Å². The second-order valence-electron chi connectivity index (χ2n) is 7.56. The van der Waals surface area contributed by atoms with Gasteiger partial charge in [-0.25, -0.2) is 0 Å². The molecule has 1 aromatic rings. The molecule has 25 heavy (non-hydrogen) atoms. The Morgan fingerprint density at radius 2 is 1.84 bits per heavy atom. The first-order chi connectivity index (χ1) is 12.0. The minimum absolute atomic E-state index is 0.0992. The van der Waals surface area contributed by atoms with Crippen LogP contribution in [-0.2, 0) is 16.1 Å². The molecule has 136 valence electrons. The maximum atomic E-state index is 12.2. The molecule has 0 aliphatic heterocycles. The molecule has 2 saturated carbocycles.